The second-order valence-electron chi connectivity index (χ2n) is 3.77. The molecule has 0 saturated heterocycles. The molecule has 1 N–H and O–H groups in total. The summed E-state index contributed by atoms with van der Waals surface area (Å²) in [7, 11) is 1.41. The highest BCUT2D eigenvalue weighted by Gasteiger charge is 2.16. The maximum absolute atomic E-state index is 11.6. The third-order valence-corrected chi connectivity index (χ3v) is 2.70. The topological polar surface area (TPSA) is 42.1 Å². The molecule has 0 fully saturated rings. The van der Waals surface area contributed by atoms with Crippen LogP contribution in [-0.2, 0) is 11.2 Å². The molecule has 3 nitrogen and oxygen atoms in total. The molecule has 3 heteroatoms. The van der Waals surface area contributed by atoms with Gasteiger partial charge >= 0.3 is 5.97 Å². The summed E-state index contributed by atoms with van der Waals surface area (Å²) in [4.78, 5) is 14.8. The van der Waals surface area contributed by atoms with Crippen molar-refractivity contribution in [2.24, 2.45) is 0 Å². The maximum Gasteiger partial charge on any atom is 0.354 e. The van der Waals surface area contributed by atoms with E-state index in [9.17, 15) is 4.79 Å². The van der Waals surface area contributed by atoms with Gasteiger partial charge in [0.15, 0.2) is 0 Å². The number of benzene rings is 1. The van der Waals surface area contributed by atoms with Crippen molar-refractivity contribution in [3.8, 4) is 0 Å². The van der Waals surface area contributed by atoms with Gasteiger partial charge in [0.05, 0.1) is 7.11 Å². The minimum Gasteiger partial charge on any atom is -0.464 e. The van der Waals surface area contributed by atoms with E-state index in [-0.39, 0.29) is 5.97 Å². The second-order valence-corrected chi connectivity index (χ2v) is 3.77. The van der Waals surface area contributed by atoms with Gasteiger partial charge in [0.2, 0.25) is 0 Å². The number of methoxy groups -OCH3 is 1. The van der Waals surface area contributed by atoms with Crippen LogP contribution in [0.1, 0.15) is 29.4 Å². The van der Waals surface area contributed by atoms with Gasteiger partial charge in [-0.3, -0.25) is 0 Å². The molecule has 2 rings (SSSR count). The van der Waals surface area contributed by atoms with E-state index < -0.39 is 0 Å². The molecule has 2 aromatic rings. The first kappa shape index (κ1) is 10.7. The number of esters is 1. The van der Waals surface area contributed by atoms with Gasteiger partial charge < -0.3 is 9.72 Å². The molecule has 0 atom stereocenters. The highest BCUT2D eigenvalue weighted by atomic mass is 16.5. The molecule has 16 heavy (non-hydrogen) atoms. The predicted molar refractivity (Wildman–Crippen MR) is 63.6 cm³/mol. The van der Waals surface area contributed by atoms with Crippen molar-refractivity contribution >= 4 is 16.9 Å². The second kappa shape index (κ2) is 4.39. The van der Waals surface area contributed by atoms with Crippen molar-refractivity contribution in [1.29, 1.82) is 0 Å². The zero-order valence-electron chi connectivity index (χ0n) is 9.54. The van der Waals surface area contributed by atoms with Gasteiger partial charge in [-0.05, 0) is 18.1 Å². The van der Waals surface area contributed by atoms with Crippen LogP contribution in [0.25, 0.3) is 10.9 Å². The third-order valence-electron chi connectivity index (χ3n) is 2.70. The minimum absolute atomic E-state index is 0.292. The lowest BCUT2D eigenvalue weighted by Gasteiger charge is -2.00. The standard InChI is InChI=1S/C13H15NO2/c1-3-6-10-9-7-4-5-8-11(9)14-12(10)13(15)16-2/h4-5,7-8,14H,3,6H2,1-2H3. The Morgan fingerprint density at radius 1 is 1.38 bits per heavy atom. The molecule has 0 spiro atoms. The summed E-state index contributed by atoms with van der Waals surface area (Å²) in [6.45, 7) is 2.10. The summed E-state index contributed by atoms with van der Waals surface area (Å²) in [5.74, 6) is -0.292. The van der Waals surface area contributed by atoms with E-state index in [1.165, 1.54) is 7.11 Å². The number of carbonyl (C=O) groups excluding carboxylic acids is 1. The Balaban J connectivity index is 2.62. The fourth-order valence-electron chi connectivity index (χ4n) is 1.99. The number of rotatable bonds is 3. The number of hydrogen-bond acceptors (Lipinski definition) is 2. The Morgan fingerprint density at radius 3 is 2.81 bits per heavy atom. The molecule has 0 radical (unpaired) electrons. The van der Waals surface area contributed by atoms with Crippen LogP contribution in [0.15, 0.2) is 24.3 Å². The number of fused-ring (bicyclic) bond motifs is 1. The smallest absolute Gasteiger partial charge is 0.354 e. The molecule has 1 aromatic carbocycles. The molecule has 0 bridgehead atoms. The lowest BCUT2D eigenvalue weighted by atomic mass is 10.1. The number of hydrogen-bond donors (Lipinski definition) is 1. The normalized spacial score (nSPS) is 10.6. The van der Waals surface area contributed by atoms with Gasteiger partial charge in [-0.15, -0.1) is 0 Å². The zero-order chi connectivity index (χ0) is 11.5. The molecular weight excluding hydrogens is 202 g/mol. The van der Waals surface area contributed by atoms with Crippen LogP contribution in [0.4, 0.5) is 0 Å². The number of para-hydroxylation sites is 1. The Kier molecular flexibility index (Phi) is 2.95. The van der Waals surface area contributed by atoms with Gasteiger partial charge in [-0.25, -0.2) is 4.79 Å². The van der Waals surface area contributed by atoms with Crippen LogP contribution < -0.4 is 0 Å². The first-order valence-corrected chi connectivity index (χ1v) is 5.45. The van der Waals surface area contributed by atoms with Crippen LogP contribution in [0, 0.1) is 0 Å². The number of carbonyl (C=O) groups is 1. The quantitative estimate of drug-likeness (QED) is 0.803. The Morgan fingerprint density at radius 2 is 2.12 bits per heavy atom. The van der Waals surface area contributed by atoms with E-state index in [0.717, 1.165) is 29.3 Å². The van der Waals surface area contributed by atoms with Gasteiger partial charge in [0.25, 0.3) is 0 Å². The molecule has 0 aliphatic carbocycles. The summed E-state index contributed by atoms with van der Waals surface area (Å²) in [5.41, 5.74) is 2.64. The Bertz CT molecular complexity index is 514. The van der Waals surface area contributed by atoms with Gasteiger partial charge in [0, 0.05) is 10.9 Å². The van der Waals surface area contributed by atoms with E-state index >= 15 is 0 Å². The molecule has 0 saturated carbocycles. The Hall–Kier alpha value is -1.77. The number of H-pyrrole nitrogens is 1. The van der Waals surface area contributed by atoms with Gasteiger partial charge in [-0.2, -0.15) is 0 Å². The number of aryl methyl sites for hydroxylation is 1. The third kappa shape index (κ3) is 1.69. The van der Waals surface area contributed by atoms with E-state index in [1.54, 1.807) is 0 Å². The summed E-state index contributed by atoms with van der Waals surface area (Å²) < 4.78 is 4.78. The largest absolute Gasteiger partial charge is 0.464 e. The van der Waals surface area contributed by atoms with E-state index in [2.05, 4.69) is 11.9 Å². The predicted octanol–water partition coefficient (Wildman–Crippen LogP) is 2.91. The number of ether oxygens (including phenoxy) is 1. The first-order chi connectivity index (χ1) is 7.77. The van der Waals surface area contributed by atoms with Crippen LogP contribution in [0.5, 0.6) is 0 Å². The molecule has 0 aliphatic heterocycles. The minimum atomic E-state index is -0.292. The molecule has 1 heterocycles. The highest BCUT2D eigenvalue weighted by molar-refractivity contribution is 5.98. The summed E-state index contributed by atoms with van der Waals surface area (Å²) >= 11 is 0. The summed E-state index contributed by atoms with van der Waals surface area (Å²) in [5, 5.41) is 1.12. The van der Waals surface area contributed by atoms with Crippen molar-refractivity contribution < 1.29 is 9.53 Å². The first-order valence-electron chi connectivity index (χ1n) is 5.45. The van der Waals surface area contributed by atoms with Gasteiger partial charge in [0.1, 0.15) is 5.69 Å². The number of aromatic nitrogens is 1. The maximum atomic E-state index is 11.6. The number of aromatic amines is 1. The van der Waals surface area contributed by atoms with E-state index in [4.69, 9.17) is 4.74 Å². The average molecular weight is 217 g/mol. The lowest BCUT2D eigenvalue weighted by molar-refractivity contribution is 0.0594. The monoisotopic (exact) mass is 217 g/mol. The molecule has 84 valence electrons. The molecule has 0 aliphatic rings. The molecule has 0 amide bonds. The fraction of sp³-hybridized carbons (Fsp3) is 0.308. The Labute approximate surface area is 94.4 Å². The van der Waals surface area contributed by atoms with Crippen molar-refractivity contribution in [1.82, 2.24) is 4.98 Å². The van der Waals surface area contributed by atoms with Crippen molar-refractivity contribution in [2.75, 3.05) is 7.11 Å². The van der Waals surface area contributed by atoms with Crippen molar-refractivity contribution in [3.63, 3.8) is 0 Å². The molecule has 0 unspecified atom stereocenters. The molecule has 1 aromatic heterocycles. The van der Waals surface area contributed by atoms with Crippen molar-refractivity contribution in [2.45, 2.75) is 19.8 Å². The molecular formula is C13H15NO2. The summed E-state index contributed by atoms with van der Waals surface area (Å²) in [6, 6.07) is 7.94. The van der Waals surface area contributed by atoms with Crippen LogP contribution in [0.3, 0.4) is 0 Å². The average Bonchev–Trinajstić information content (AvgIpc) is 2.68. The van der Waals surface area contributed by atoms with E-state index in [0.29, 0.717) is 5.69 Å². The zero-order valence-corrected chi connectivity index (χ0v) is 9.54. The lowest BCUT2D eigenvalue weighted by Crippen LogP contribution is -2.04. The van der Waals surface area contributed by atoms with E-state index in [1.807, 2.05) is 24.3 Å². The van der Waals surface area contributed by atoms with Gasteiger partial charge in [-0.1, -0.05) is 31.5 Å². The SMILES string of the molecule is CCCc1c(C(=O)OC)[nH]c2ccccc12. The van der Waals surface area contributed by atoms with Crippen LogP contribution >= 0.6 is 0 Å². The highest BCUT2D eigenvalue weighted by Crippen LogP contribution is 2.24. The van der Waals surface area contributed by atoms with Crippen LogP contribution in [0.2, 0.25) is 0 Å². The van der Waals surface area contributed by atoms with Crippen LogP contribution in [-0.4, -0.2) is 18.1 Å². The summed E-state index contributed by atoms with van der Waals surface area (Å²) in [6.07, 6.45) is 1.89. The fourth-order valence-corrected chi connectivity index (χ4v) is 1.99. The number of nitrogens with one attached hydrogen (secondary N) is 1. The van der Waals surface area contributed by atoms with Crippen molar-refractivity contribution in [3.05, 3.63) is 35.5 Å².